The number of carbonyl (C=O) groups is 1. The number of rotatable bonds is 3. The van der Waals surface area contributed by atoms with E-state index in [2.05, 4.69) is 22.6 Å². The van der Waals surface area contributed by atoms with Crippen LogP contribution in [-0.2, 0) is 4.74 Å². The van der Waals surface area contributed by atoms with Gasteiger partial charge in [0, 0.05) is 28.8 Å². The summed E-state index contributed by atoms with van der Waals surface area (Å²) in [5.74, 6) is 0.469. The summed E-state index contributed by atoms with van der Waals surface area (Å²) in [6.45, 7) is 2.34. The number of carbonyl (C=O) groups excluding carboxylic acids is 1. The van der Waals surface area contributed by atoms with Gasteiger partial charge in [0.25, 0.3) is 5.91 Å². The third-order valence-corrected chi connectivity index (χ3v) is 4.47. The largest absolute Gasteiger partial charge is 0.381 e. The zero-order valence-electron chi connectivity index (χ0n) is 10.9. The van der Waals surface area contributed by atoms with Gasteiger partial charge in [0.15, 0.2) is 0 Å². The number of benzene rings is 1. The lowest BCUT2D eigenvalue weighted by Gasteiger charge is -2.27. The highest BCUT2D eigenvalue weighted by molar-refractivity contribution is 14.1. The molecule has 1 aliphatic heterocycles. The topological polar surface area (TPSA) is 29.5 Å². The molecule has 1 aromatic carbocycles. The van der Waals surface area contributed by atoms with Gasteiger partial charge in [0.1, 0.15) is 0 Å². The summed E-state index contributed by atoms with van der Waals surface area (Å²) in [6.07, 6.45) is 2.21. The first-order chi connectivity index (χ1) is 9.08. The highest BCUT2D eigenvalue weighted by Gasteiger charge is 2.21. The van der Waals surface area contributed by atoms with Crippen LogP contribution >= 0.6 is 34.2 Å². The van der Waals surface area contributed by atoms with Gasteiger partial charge in [0.05, 0.1) is 12.2 Å². The Kier molecular flexibility index (Phi) is 5.47. The normalized spacial score (nSPS) is 19.2. The molecule has 1 aromatic rings. The molecular formula is C14H17ClINO2. The van der Waals surface area contributed by atoms with E-state index in [1.54, 1.807) is 17.0 Å². The third kappa shape index (κ3) is 4.07. The summed E-state index contributed by atoms with van der Waals surface area (Å²) >= 11 is 8.13. The number of amides is 1. The van der Waals surface area contributed by atoms with Crippen molar-refractivity contribution in [1.82, 2.24) is 4.90 Å². The van der Waals surface area contributed by atoms with Crippen LogP contribution in [0.5, 0.6) is 0 Å². The minimum absolute atomic E-state index is 0.0254. The predicted octanol–water partition coefficient (Wildman–Crippen LogP) is 3.44. The van der Waals surface area contributed by atoms with Crippen LogP contribution in [0.25, 0.3) is 0 Å². The first kappa shape index (κ1) is 15.1. The van der Waals surface area contributed by atoms with Gasteiger partial charge in [0.2, 0.25) is 0 Å². The van der Waals surface area contributed by atoms with Gasteiger partial charge >= 0.3 is 0 Å². The number of hydrogen-bond donors (Lipinski definition) is 0. The van der Waals surface area contributed by atoms with Crippen molar-refractivity contribution in [1.29, 1.82) is 0 Å². The molecular weight excluding hydrogens is 377 g/mol. The first-order valence-corrected chi connectivity index (χ1v) is 7.82. The summed E-state index contributed by atoms with van der Waals surface area (Å²) in [7, 11) is 1.84. The van der Waals surface area contributed by atoms with E-state index in [4.69, 9.17) is 16.3 Å². The molecule has 0 bridgehead atoms. The van der Waals surface area contributed by atoms with Crippen molar-refractivity contribution in [2.75, 3.05) is 26.8 Å². The number of halogens is 2. The average molecular weight is 394 g/mol. The van der Waals surface area contributed by atoms with Crippen LogP contribution in [0, 0.1) is 9.49 Å². The molecule has 0 spiro atoms. The second kappa shape index (κ2) is 6.90. The molecule has 0 aliphatic carbocycles. The molecule has 1 amide bonds. The number of hydrogen-bond acceptors (Lipinski definition) is 2. The van der Waals surface area contributed by atoms with Crippen LogP contribution in [0.15, 0.2) is 18.2 Å². The monoisotopic (exact) mass is 393 g/mol. The molecule has 1 saturated heterocycles. The van der Waals surface area contributed by atoms with Gasteiger partial charge < -0.3 is 9.64 Å². The minimum Gasteiger partial charge on any atom is -0.381 e. The van der Waals surface area contributed by atoms with E-state index in [1.165, 1.54) is 0 Å². The lowest BCUT2D eigenvalue weighted by Crippen LogP contribution is -2.35. The standard InChI is InChI=1S/C14H17ClINO2/c1-17(8-10-3-2-6-19-9-10)14(18)12-7-11(15)4-5-13(12)16/h4-5,7,10H,2-3,6,8-9H2,1H3. The molecule has 2 rings (SSSR count). The van der Waals surface area contributed by atoms with Crippen molar-refractivity contribution in [3.05, 3.63) is 32.4 Å². The van der Waals surface area contributed by atoms with E-state index in [-0.39, 0.29) is 5.91 Å². The molecule has 0 saturated carbocycles. The Balaban J connectivity index is 2.03. The van der Waals surface area contributed by atoms with Crippen LogP contribution in [0.1, 0.15) is 23.2 Å². The van der Waals surface area contributed by atoms with Crippen molar-refractivity contribution < 1.29 is 9.53 Å². The third-order valence-electron chi connectivity index (χ3n) is 3.29. The van der Waals surface area contributed by atoms with Crippen LogP contribution < -0.4 is 0 Å². The summed E-state index contributed by atoms with van der Waals surface area (Å²) in [4.78, 5) is 14.2. The SMILES string of the molecule is CN(CC1CCCOC1)C(=O)c1cc(Cl)ccc1I. The van der Waals surface area contributed by atoms with Crippen molar-refractivity contribution in [2.45, 2.75) is 12.8 Å². The molecule has 0 radical (unpaired) electrons. The second-order valence-corrected chi connectivity index (χ2v) is 6.49. The molecule has 3 nitrogen and oxygen atoms in total. The maximum Gasteiger partial charge on any atom is 0.254 e. The van der Waals surface area contributed by atoms with Gasteiger partial charge in [-0.1, -0.05) is 11.6 Å². The average Bonchev–Trinajstić information content (AvgIpc) is 2.42. The molecule has 5 heteroatoms. The highest BCUT2D eigenvalue weighted by Crippen LogP contribution is 2.21. The van der Waals surface area contributed by atoms with Crippen LogP contribution in [-0.4, -0.2) is 37.6 Å². The second-order valence-electron chi connectivity index (χ2n) is 4.89. The first-order valence-electron chi connectivity index (χ1n) is 6.36. The molecule has 0 N–H and O–H groups in total. The van der Waals surface area contributed by atoms with Crippen molar-refractivity contribution in [3.63, 3.8) is 0 Å². The van der Waals surface area contributed by atoms with Gasteiger partial charge in [-0.15, -0.1) is 0 Å². The van der Waals surface area contributed by atoms with Crippen LogP contribution in [0.4, 0.5) is 0 Å². The predicted molar refractivity (Wildman–Crippen MR) is 84.7 cm³/mol. The van der Waals surface area contributed by atoms with Crippen molar-refractivity contribution in [2.24, 2.45) is 5.92 Å². The molecule has 104 valence electrons. The molecule has 1 heterocycles. The van der Waals surface area contributed by atoms with Gasteiger partial charge in [-0.25, -0.2) is 0 Å². The van der Waals surface area contributed by atoms with Crippen molar-refractivity contribution in [3.8, 4) is 0 Å². The van der Waals surface area contributed by atoms with E-state index in [9.17, 15) is 4.79 Å². The Morgan fingerprint density at radius 2 is 2.37 bits per heavy atom. The molecule has 1 atom stereocenters. The van der Waals surface area contributed by atoms with E-state index in [1.807, 2.05) is 13.1 Å². The van der Waals surface area contributed by atoms with Crippen LogP contribution in [0.2, 0.25) is 5.02 Å². The van der Waals surface area contributed by atoms with E-state index >= 15 is 0 Å². The lowest BCUT2D eigenvalue weighted by atomic mass is 10.0. The van der Waals surface area contributed by atoms with Gasteiger partial charge in [-0.3, -0.25) is 4.79 Å². The fourth-order valence-corrected chi connectivity index (χ4v) is 3.03. The number of ether oxygens (including phenoxy) is 1. The number of nitrogens with zero attached hydrogens (tertiary/aromatic N) is 1. The zero-order chi connectivity index (χ0) is 13.8. The maximum atomic E-state index is 12.4. The zero-order valence-corrected chi connectivity index (χ0v) is 13.8. The molecule has 1 fully saturated rings. The fourth-order valence-electron chi connectivity index (χ4n) is 2.29. The fraction of sp³-hybridized carbons (Fsp3) is 0.500. The maximum absolute atomic E-state index is 12.4. The molecule has 1 unspecified atom stereocenters. The Hall–Kier alpha value is -0.330. The van der Waals surface area contributed by atoms with E-state index in [0.717, 1.165) is 36.2 Å². The van der Waals surface area contributed by atoms with Gasteiger partial charge in [-0.2, -0.15) is 0 Å². The minimum atomic E-state index is 0.0254. The summed E-state index contributed by atoms with van der Waals surface area (Å²) in [5, 5.41) is 0.596. The highest BCUT2D eigenvalue weighted by atomic mass is 127. The quantitative estimate of drug-likeness (QED) is 0.736. The summed E-state index contributed by atoms with van der Waals surface area (Å²) in [6, 6.07) is 5.41. The summed E-state index contributed by atoms with van der Waals surface area (Å²) in [5.41, 5.74) is 0.673. The van der Waals surface area contributed by atoms with Crippen LogP contribution in [0.3, 0.4) is 0 Å². The van der Waals surface area contributed by atoms with Gasteiger partial charge in [-0.05, 0) is 59.5 Å². The Morgan fingerprint density at radius 3 is 3.05 bits per heavy atom. The van der Waals surface area contributed by atoms with E-state index in [0.29, 0.717) is 16.5 Å². The Bertz CT molecular complexity index is 461. The Labute approximate surface area is 132 Å². The molecule has 1 aliphatic rings. The van der Waals surface area contributed by atoms with Crippen molar-refractivity contribution >= 4 is 40.1 Å². The molecule has 19 heavy (non-hydrogen) atoms. The molecule has 0 aromatic heterocycles. The lowest BCUT2D eigenvalue weighted by molar-refractivity contribution is 0.0388. The van der Waals surface area contributed by atoms with E-state index < -0.39 is 0 Å². The Morgan fingerprint density at radius 1 is 1.58 bits per heavy atom. The summed E-state index contributed by atoms with van der Waals surface area (Å²) < 4.78 is 6.38. The smallest absolute Gasteiger partial charge is 0.254 e.